The van der Waals surface area contributed by atoms with E-state index in [4.69, 9.17) is 12.2 Å². The third kappa shape index (κ3) is 3.78. The highest BCUT2D eigenvalue weighted by molar-refractivity contribution is 9.10. The topological polar surface area (TPSA) is 98.7 Å². The lowest BCUT2D eigenvalue weighted by molar-refractivity contribution is -0.123. The van der Waals surface area contributed by atoms with Crippen molar-refractivity contribution in [1.29, 1.82) is 0 Å². The van der Waals surface area contributed by atoms with Crippen molar-refractivity contribution in [3.05, 3.63) is 69.0 Å². The minimum Gasteiger partial charge on any atom is -0.508 e. The van der Waals surface area contributed by atoms with E-state index in [2.05, 4.69) is 26.7 Å². The van der Waals surface area contributed by atoms with Crippen molar-refractivity contribution in [2.75, 3.05) is 5.32 Å². The normalized spacial score (nSPS) is 19.5. The number of aromatic hydroxyl groups is 1. The van der Waals surface area contributed by atoms with Crippen molar-refractivity contribution in [3.63, 3.8) is 0 Å². The highest BCUT2D eigenvalue weighted by atomic mass is 79.9. The number of thiocarbonyl (C=S) groups is 1. The second-order valence-electron chi connectivity index (χ2n) is 6.23. The maximum Gasteiger partial charge on any atom is 0.284 e. The predicted molar refractivity (Wildman–Crippen MR) is 116 cm³/mol. The van der Waals surface area contributed by atoms with Gasteiger partial charge in [0.05, 0.1) is 10.8 Å². The van der Waals surface area contributed by atoms with Gasteiger partial charge >= 0.3 is 0 Å². The number of nitrogens with zero attached hydrogens (tertiary/aromatic N) is 1. The number of fused-ring (bicyclic) bond motifs is 1. The molecule has 0 bridgehead atoms. The first-order chi connectivity index (χ1) is 13.8. The molecule has 0 saturated carbocycles. The molecule has 0 unspecified atom stereocenters. The number of carbonyl (C=O) groups excluding carboxylic acids is 3. The van der Waals surface area contributed by atoms with Gasteiger partial charge in [0.1, 0.15) is 5.75 Å². The molecule has 146 valence electrons. The van der Waals surface area contributed by atoms with Crippen LogP contribution in [0.4, 0.5) is 5.69 Å². The number of hydrogen-bond acceptors (Lipinski definition) is 6. The number of halogens is 1. The standard InChI is InChI=1S/C19H12BrN3O4S2/c20-10-4-5-14-12(7-10)13(17(26)21-14)8-15-18(27)23(19(28)29-15)22-16(25)9-2-1-3-11(24)6-9/h1-8,13,24H,(H,21,26)(H,22,25)/b15-8-/t13-/m0/s1. The molecule has 3 N–H and O–H groups in total. The molecule has 2 aromatic carbocycles. The van der Waals surface area contributed by atoms with Crippen LogP contribution < -0.4 is 10.7 Å². The summed E-state index contributed by atoms with van der Waals surface area (Å²) in [5, 5.41) is 13.3. The van der Waals surface area contributed by atoms with Gasteiger partial charge in [0, 0.05) is 15.7 Å². The van der Waals surface area contributed by atoms with E-state index in [0.29, 0.717) is 5.69 Å². The van der Waals surface area contributed by atoms with E-state index >= 15 is 0 Å². The summed E-state index contributed by atoms with van der Waals surface area (Å²) in [4.78, 5) is 37.8. The highest BCUT2D eigenvalue weighted by Gasteiger charge is 2.37. The van der Waals surface area contributed by atoms with Crippen LogP contribution in [0.1, 0.15) is 21.8 Å². The zero-order valence-electron chi connectivity index (χ0n) is 14.5. The summed E-state index contributed by atoms with van der Waals surface area (Å²) in [6, 6.07) is 11.1. The van der Waals surface area contributed by atoms with Crippen LogP contribution in [0.25, 0.3) is 0 Å². The first-order valence-electron chi connectivity index (χ1n) is 8.32. The van der Waals surface area contributed by atoms with Gasteiger partial charge in [-0.3, -0.25) is 19.8 Å². The number of phenols is 1. The van der Waals surface area contributed by atoms with Crippen LogP contribution in [0.15, 0.2) is 57.9 Å². The summed E-state index contributed by atoms with van der Waals surface area (Å²) in [6.45, 7) is 0. The van der Waals surface area contributed by atoms with E-state index in [9.17, 15) is 19.5 Å². The molecule has 0 aromatic heterocycles. The lowest BCUT2D eigenvalue weighted by atomic mass is 10.0. The second kappa shape index (κ2) is 7.62. The Balaban J connectivity index is 1.57. The Kier molecular flexibility index (Phi) is 5.15. The molecule has 29 heavy (non-hydrogen) atoms. The van der Waals surface area contributed by atoms with Crippen LogP contribution in [-0.2, 0) is 9.59 Å². The highest BCUT2D eigenvalue weighted by Crippen LogP contribution is 2.39. The minimum absolute atomic E-state index is 0.0694. The van der Waals surface area contributed by atoms with E-state index in [0.717, 1.165) is 26.8 Å². The largest absolute Gasteiger partial charge is 0.508 e. The Hall–Kier alpha value is -2.69. The SMILES string of the molecule is O=C(NN1C(=O)/C(=C/[C@@H]2C(=O)Nc3ccc(Br)cc32)SC1=S)c1cccc(O)c1. The number of nitrogens with one attached hydrogen (secondary N) is 2. The molecule has 3 amide bonds. The molecule has 2 heterocycles. The fourth-order valence-electron chi connectivity index (χ4n) is 2.96. The van der Waals surface area contributed by atoms with E-state index in [1.807, 2.05) is 12.1 Å². The number of anilines is 1. The van der Waals surface area contributed by atoms with Gasteiger partial charge in [-0.15, -0.1) is 0 Å². The number of hydrogen-bond donors (Lipinski definition) is 3. The molecule has 2 aliphatic heterocycles. The number of rotatable bonds is 3. The van der Waals surface area contributed by atoms with Crippen LogP contribution in [0.3, 0.4) is 0 Å². The summed E-state index contributed by atoms with van der Waals surface area (Å²) in [5.74, 6) is -2.07. The third-order valence-electron chi connectivity index (χ3n) is 4.32. The molecule has 2 aliphatic rings. The number of thioether (sulfide) groups is 1. The van der Waals surface area contributed by atoms with Crippen molar-refractivity contribution < 1.29 is 19.5 Å². The van der Waals surface area contributed by atoms with Gasteiger partial charge in [-0.1, -0.05) is 33.8 Å². The molecule has 0 spiro atoms. The minimum atomic E-state index is -0.640. The van der Waals surface area contributed by atoms with Crippen LogP contribution in [0.2, 0.25) is 0 Å². The van der Waals surface area contributed by atoms with E-state index in [1.165, 1.54) is 24.3 Å². The Morgan fingerprint density at radius 1 is 1.28 bits per heavy atom. The molecular formula is C19H12BrN3O4S2. The zero-order chi connectivity index (χ0) is 20.7. The second-order valence-corrected chi connectivity index (χ2v) is 8.82. The van der Waals surface area contributed by atoms with Crippen molar-refractivity contribution in [1.82, 2.24) is 10.4 Å². The van der Waals surface area contributed by atoms with Gasteiger partial charge in [-0.2, -0.15) is 5.01 Å². The molecule has 2 aromatic rings. The van der Waals surface area contributed by atoms with Gasteiger partial charge < -0.3 is 10.4 Å². The van der Waals surface area contributed by atoms with Crippen molar-refractivity contribution >= 4 is 67.6 Å². The maximum atomic E-state index is 12.8. The molecule has 1 fully saturated rings. The Bertz CT molecular complexity index is 1120. The van der Waals surface area contributed by atoms with Gasteiger partial charge in [-0.05, 0) is 60.3 Å². The first-order valence-corrected chi connectivity index (χ1v) is 10.3. The molecule has 1 saturated heterocycles. The molecule has 7 nitrogen and oxygen atoms in total. The van der Waals surface area contributed by atoms with Crippen LogP contribution in [0.5, 0.6) is 5.75 Å². The maximum absolute atomic E-state index is 12.8. The average Bonchev–Trinajstić information content (AvgIpc) is 3.12. The summed E-state index contributed by atoms with van der Waals surface area (Å²) in [5.41, 5.74) is 4.05. The van der Waals surface area contributed by atoms with E-state index in [-0.39, 0.29) is 26.4 Å². The van der Waals surface area contributed by atoms with Crippen molar-refractivity contribution in [3.8, 4) is 5.75 Å². The van der Waals surface area contributed by atoms with E-state index in [1.54, 1.807) is 12.1 Å². The van der Waals surface area contributed by atoms with Crippen molar-refractivity contribution in [2.45, 2.75) is 5.92 Å². The van der Waals surface area contributed by atoms with Crippen molar-refractivity contribution in [2.24, 2.45) is 0 Å². The monoisotopic (exact) mass is 489 g/mol. The summed E-state index contributed by atoms with van der Waals surface area (Å²) in [6.07, 6.45) is 1.55. The number of benzene rings is 2. The lowest BCUT2D eigenvalue weighted by Gasteiger charge is -2.15. The number of carbonyl (C=O) groups is 3. The Labute approximate surface area is 183 Å². The van der Waals surface area contributed by atoms with Crippen LogP contribution in [-0.4, -0.2) is 32.2 Å². The van der Waals surface area contributed by atoms with Gasteiger partial charge in [-0.25, -0.2) is 0 Å². The zero-order valence-corrected chi connectivity index (χ0v) is 17.7. The fraction of sp³-hybridized carbons (Fsp3) is 0.0526. The predicted octanol–water partition coefficient (Wildman–Crippen LogP) is 3.28. The first kappa shape index (κ1) is 19.6. The van der Waals surface area contributed by atoms with Gasteiger partial charge in [0.15, 0.2) is 4.32 Å². The average molecular weight is 490 g/mol. The Morgan fingerprint density at radius 2 is 2.07 bits per heavy atom. The summed E-state index contributed by atoms with van der Waals surface area (Å²) < 4.78 is 0.958. The van der Waals surface area contributed by atoms with Crippen LogP contribution in [0, 0.1) is 0 Å². The van der Waals surface area contributed by atoms with Crippen LogP contribution >= 0.6 is 39.9 Å². The summed E-state index contributed by atoms with van der Waals surface area (Å²) in [7, 11) is 0. The molecule has 1 atom stereocenters. The lowest BCUT2D eigenvalue weighted by Crippen LogP contribution is -2.44. The molecule has 0 radical (unpaired) electrons. The molecule has 0 aliphatic carbocycles. The van der Waals surface area contributed by atoms with Gasteiger partial charge in [0.2, 0.25) is 5.91 Å². The number of hydrazine groups is 1. The fourth-order valence-corrected chi connectivity index (χ4v) is 4.53. The quantitative estimate of drug-likeness (QED) is 0.452. The molecule has 10 heteroatoms. The van der Waals surface area contributed by atoms with E-state index < -0.39 is 17.7 Å². The number of amides is 3. The van der Waals surface area contributed by atoms with Gasteiger partial charge in [0.25, 0.3) is 11.8 Å². The Morgan fingerprint density at radius 3 is 2.83 bits per heavy atom. The smallest absolute Gasteiger partial charge is 0.284 e. The molecule has 4 rings (SSSR count). The number of phenolic OH excluding ortho intramolecular Hbond substituents is 1. The molecular weight excluding hydrogens is 478 g/mol. The third-order valence-corrected chi connectivity index (χ3v) is 6.14. The summed E-state index contributed by atoms with van der Waals surface area (Å²) >= 11 is 9.60.